The molecule has 4 N–H and O–H groups in total. The van der Waals surface area contributed by atoms with E-state index in [-0.39, 0.29) is 12.3 Å². The number of amidine groups is 1. The van der Waals surface area contributed by atoms with Crippen LogP contribution in [-0.2, 0) is 0 Å². The normalized spacial score (nSPS) is 17.0. The molecule has 5 nitrogen and oxygen atoms in total. The lowest BCUT2D eigenvalue weighted by Crippen LogP contribution is -2.45. The van der Waals surface area contributed by atoms with Crippen molar-refractivity contribution in [1.29, 1.82) is 0 Å². The van der Waals surface area contributed by atoms with Gasteiger partial charge in [0.1, 0.15) is 23.8 Å². The van der Waals surface area contributed by atoms with E-state index in [2.05, 4.69) is 126 Å². The van der Waals surface area contributed by atoms with Gasteiger partial charge in [0.2, 0.25) is 0 Å². The number of fused-ring (bicyclic) bond motifs is 7. The van der Waals surface area contributed by atoms with Gasteiger partial charge in [0.15, 0.2) is 5.88 Å². The molecular formula is C42H32N4O. The Bertz CT molecular complexity index is 2580. The first kappa shape index (κ1) is 27.4. The second kappa shape index (κ2) is 10.9. The number of benzene rings is 7. The van der Waals surface area contributed by atoms with Crippen molar-refractivity contribution in [1.82, 2.24) is 10.6 Å². The lowest BCUT2D eigenvalue weighted by atomic mass is 9.93. The van der Waals surface area contributed by atoms with Crippen LogP contribution in [-0.4, -0.2) is 5.84 Å². The largest absolute Gasteiger partial charge is 0.440 e. The Balaban J connectivity index is 1.23. The van der Waals surface area contributed by atoms with Crippen LogP contribution in [0.5, 0.6) is 0 Å². The molecule has 0 aliphatic carbocycles. The molecule has 226 valence electrons. The van der Waals surface area contributed by atoms with Gasteiger partial charge < -0.3 is 15.5 Å². The third-order valence-corrected chi connectivity index (χ3v) is 9.50. The van der Waals surface area contributed by atoms with Gasteiger partial charge in [0.25, 0.3) is 0 Å². The van der Waals surface area contributed by atoms with E-state index in [1.165, 1.54) is 43.1 Å². The molecule has 2 atom stereocenters. The fraction of sp³-hybridized carbons (Fsp3) is 0.0714. The van der Waals surface area contributed by atoms with Crippen LogP contribution in [0.4, 0.5) is 5.88 Å². The number of furan rings is 1. The van der Waals surface area contributed by atoms with Gasteiger partial charge in [-0.05, 0) is 73.3 Å². The summed E-state index contributed by atoms with van der Waals surface area (Å²) in [7, 11) is 0. The van der Waals surface area contributed by atoms with Crippen LogP contribution in [0.25, 0.3) is 59.6 Å². The van der Waals surface area contributed by atoms with Crippen LogP contribution in [0.3, 0.4) is 0 Å². The number of para-hydroxylation sites is 1. The maximum absolute atomic E-state index is 6.56. The van der Waals surface area contributed by atoms with Crippen molar-refractivity contribution in [2.24, 2.45) is 4.99 Å². The number of anilines is 1. The number of nitrogens with two attached hydrogens (primary N) is 1. The van der Waals surface area contributed by atoms with Gasteiger partial charge in [0.05, 0.1) is 5.56 Å². The molecule has 1 aliphatic heterocycles. The Kier molecular flexibility index (Phi) is 6.33. The summed E-state index contributed by atoms with van der Waals surface area (Å²) in [4.78, 5) is 5.31. The van der Waals surface area contributed by atoms with Gasteiger partial charge in [0, 0.05) is 11.0 Å². The third kappa shape index (κ3) is 4.47. The Morgan fingerprint density at radius 2 is 1.38 bits per heavy atom. The predicted octanol–water partition coefficient (Wildman–Crippen LogP) is 10.0. The summed E-state index contributed by atoms with van der Waals surface area (Å²) in [5.41, 5.74) is 11.3. The zero-order chi connectivity index (χ0) is 31.5. The molecular weight excluding hydrogens is 576 g/mol. The smallest absolute Gasteiger partial charge is 0.199 e. The van der Waals surface area contributed by atoms with Gasteiger partial charge in [-0.15, -0.1) is 0 Å². The summed E-state index contributed by atoms with van der Waals surface area (Å²) < 4.78 is 6.02. The summed E-state index contributed by atoms with van der Waals surface area (Å²) in [6.45, 7) is 2.03. The van der Waals surface area contributed by atoms with E-state index >= 15 is 0 Å². The number of nitrogens with zero attached hydrogens (tertiary/aromatic N) is 1. The molecule has 0 bridgehead atoms. The van der Waals surface area contributed by atoms with Crippen LogP contribution in [0, 0.1) is 0 Å². The summed E-state index contributed by atoms with van der Waals surface area (Å²) in [5.74, 6) is 1.14. The Labute approximate surface area is 272 Å². The highest BCUT2D eigenvalue weighted by Crippen LogP contribution is 2.39. The molecule has 0 saturated carbocycles. The number of nitrogens with one attached hydrogen (secondary N) is 2. The molecule has 0 saturated heterocycles. The van der Waals surface area contributed by atoms with E-state index < -0.39 is 0 Å². The molecule has 9 rings (SSSR count). The van der Waals surface area contributed by atoms with Gasteiger partial charge in [-0.1, -0.05) is 127 Å². The molecule has 1 aromatic heterocycles. The van der Waals surface area contributed by atoms with Crippen LogP contribution in [0.2, 0.25) is 0 Å². The van der Waals surface area contributed by atoms with Gasteiger partial charge >= 0.3 is 0 Å². The number of aliphatic imine (C=N–C) groups is 1. The highest BCUT2D eigenvalue weighted by molar-refractivity contribution is 6.27. The van der Waals surface area contributed by atoms with Crippen LogP contribution >= 0.6 is 0 Å². The monoisotopic (exact) mass is 608 g/mol. The number of allylic oxidation sites excluding steroid dienone is 1. The maximum atomic E-state index is 6.56. The second-order valence-electron chi connectivity index (χ2n) is 12.2. The SMILES string of the molecule is C/C=C(/C1=NC(c2ccc3ccccc3c2)NC(c2cccc3c2ccc2ccc4ccccc4c23)N1)c1c(N)oc2ccccc12. The molecule has 0 spiro atoms. The second-order valence-corrected chi connectivity index (χ2v) is 12.2. The fourth-order valence-corrected chi connectivity index (χ4v) is 7.28. The van der Waals surface area contributed by atoms with Crippen LogP contribution in [0.1, 0.15) is 35.9 Å². The highest BCUT2D eigenvalue weighted by Gasteiger charge is 2.30. The molecule has 2 unspecified atom stereocenters. The third-order valence-electron chi connectivity index (χ3n) is 9.50. The van der Waals surface area contributed by atoms with Crippen LogP contribution < -0.4 is 16.4 Å². The molecule has 0 fully saturated rings. The molecule has 0 amide bonds. The van der Waals surface area contributed by atoms with Crippen molar-refractivity contribution in [3.8, 4) is 0 Å². The Morgan fingerprint density at radius 3 is 2.26 bits per heavy atom. The van der Waals surface area contributed by atoms with E-state index in [1.54, 1.807) is 0 Å². The standard InChI is InChI=1S/C42H32N4O/c1-2-30(38-35-14-7-8-17-36(35)47-39(38)43)41-44-40(29-21-18-25-10-3-4-12-28(25)24-29)45-42(46-41)34-16-9-15-33-32(34)23-22-27-20-19-26-11-5-6-13-31(26)37(27)33/h2-24,40,42,45H,43H2,1H3,(H,44,46)/b30-2+. The summed E-state index contributed by atoms with van der Waals surface area (Å²) in [6.07, 6.45) is 1.51. The first-order valence-electron chi connectivity index (χ1n) is 16.0. The fourth-order valence-electron chi connectivity index (χ4n) is 7.28. The average Bonchev–Trinajstić information content (AvgIpc) is 3.46. The summed E-state index contributed by atoms with van der Waals surface area (Å²) in [6, 6.07) is 47.1. The van der Waals surface area contributed by atoms with Crippen molar-refractivity contribution in [2.75, 3.05) is 5.73 Å². The lowest BCUT2D eigenvalue weighted by molar-refractivity contribution is 0.412. The van der Waals surface area contributed by atoms with Crippen molar-refractivity contribution in [2.45, 2.75) is 19.3 Å². The van der Waals surface area contributed by atoms with E-state index in [4.69, 9.17) is 15.1 Å². The van der Waals surface area contributed by atoms with E-state index in [9.17, 15) is 0 Å². The first-order chi connectivity index (χ1) is 23.2. The maximum Gasteiger partial charge on any atom is 0.199 e. The molecule has 47 heavy (non-hydrogen) atoms. The topological polar surface area (TPSA) is 75.6 Å². The number of nitrogen functional groups attached to an aromatic ring is 1. The lowest BCUT2D eigenvalue weighted by Gasteiger charge is -2.33. The van der Waals surface area contributed by atoms with Crippen molar-refractivity contribution < 1.29 is 4.42 Å². The molecule has 8 aromatic rings. The van der Waals surface area contributed by atoms with E-state index in [1.807, 2.05) is 31.2 Å². The van der Waals surface area contributed by atoms with Crippen LogP contribution in [0.15, 0.2) is 149 Å². The van der Waals surface area contributed by atoms with Gasteiger partial charge in [-0.2, -0.15) is 0 Å². The number of hydrogen-bond donors (Lipinski definition) is 3. The summed E-state index contributed by atoms with van der Waals surface area (Å²) in [5, 5.41) is 18.4. The predicted molar refractivity (Wildman–Crippen MR) is 196 cm³/mol. The van der Waals surface area contributed by atoms with E-state index in [0.717, 1.165) is 39.1 Å². The minimum Gasteiger partial charge on any atom is -0.440 e. The van der Waals surface area contributed by atoms with Gasteiger partial charge in [-0.3, -0.25) is 5.32 Å². The minimum atomic E-state index is -0.313. The number of hydrogen-bond acceptors (Lipinski definition) is 5. The Hall–Kier alpha value is -5.91. The van der Waals surface area contributed by atoms with Crippen molar-refractivity contribution >= 4 is 71.4 Å². The first-order valence-corrected chi connectivity index (χ1v) is 16.0. The zero-order valence-electron chi connectivity index (χ0n) is 25.9. The zero-order valence-corrected chi connectivity index (χ0v) is 25.9. The molecule has 7 aromatic carbocycles. The van der Waals surface area contributed by atoms with Gasteiger partial charge in [-0.25, -0.2) is 4.99 Å². The van der Waals surface area contributed by atoms with Crippen molar-refractivity contribution in [3.63, 3.8) is 0 Å². The summed E-state index contributed by atoms with van der Waals surface area (Å²) >= 11 is 0. The van der Waals surface area contributed by atoms with E-state index in [0.29, 0.717) is 5.88 Å². The molecule has 0 radical (unpaired) electrons. The highest BCUT2D eigenvalue weighted by atomic mass is 16.3. The minimum absolute atomic E-state index is 0.246. The number of rotatable bonds is 4. The van der Waals surface area contributed by atoms with Crippen molar-refractivity contribution in [3.05, 3.63) is 156 Å². The molecule has 1 aliphatic rings. The quantitative estimate of drug-likeness (QED) is 0.174. The molecule has 5 heteroatoms. The Morgan fingerprint density at radius 1 is 0.681 bits per heavy atom. The molecule has 2 heterocycles. The average molecular weight is 609 g/mol.